The van der Waals surface area contributed by atoms with Gasteiger partial charge in [0.15, 0.2) is 0 Å². The summed E-state index contributed by atoms with van der Waals surface area (Å²) >= 11 is 0. The third-order valence-corrected chi connectivity index (χ3v) is 3.66. The smallest absolute Gasteiger partial charge is 0.0751 e. The highest BCUT2D eigenvalue weighted by Gasteiger charge is 2.20. The van der Waals surface area contributed by atoms with E-state index in [1.807, 2.05) is 10.9 Å². The molecular formula is C14H25N3O. The first kappa shape index (κ1) is 13.6. The summed E-state index contributed by atoms with van der Waals surface area (Å²) in [5.41, 5.74) is 1.19. The Morgan fingerprint density at radius 2 is 2.11 bits per heavy atom. The minimum atomic E-state index is 0.435. The van der Waals surface area contributed by atoms with Crippen LogP contribution in [0.3, 0.4) is 0 Å². The minimum absolute atomic E-state index is 0.435. The molecule has 0 radical (unpaired) electrons. The maximum Gasteiger partial charge on any atom is 0.0751 e. The van der Waals surface area contributed by atoms with E-state index in [1.54, 1.807) is 0 Å². The van der Waals surface area contributed by atoms with Gasteiger partial charge in [-0.3, -0.25) is 4.68 Å². The number of nitrogens with zero attached hydrogens (tertiary/aromatic N) is 2. The zero-order valence-corrected chi connectivity index (χ0v) is 11.6. The van der Waals surface area contributed by atoms with E-state index in [1.165, 1.54) is 31.2 Å². The monoisotopic (exact) mass is 251 g/mol. The van der Waals surface area contributed by atoms with Crippen LogP contribution in [0.4, 0.5) is 0 Å². The predicted octanol–water partition coefficient (Wildman–Crippen LogP) is 2.34. The van der Waals surface area contributed by atoms with Crippen molar-refractivity contribution in [2.75, 3.05) is 6.54 Å². The molecule has 0 saturated heterocycles. The van der Waals surface area contributed by atoms with E-state index in [2.05, 4.69) is 30.5 Å². The Hall–Kier alpha value is -0.870. The molecule has 0 aromatic carbocycles. The van der Waals surface area contributed by atoms with Crippen molar-refractivity contribution in [1.82, 2.24) is 15.1 Å². The van der Waals surface area contributed by atoms with Gasteiger partial charge in [0, 0.05) is 24.3 Å². The van der Waals surface area contributed by atoms with E-state index < -0.39 is 0 Å². The maximum atomic E-state index is 5.97. The van der Waals surface area contributed by atoms with Crippen LogP contribution in [0, 0.1) is 0 Å². The highest BCUT2D eigenvalue weighted by atomic mass is 16.5. The second-order valence-corrected chi connectivity index (χ2v) is 5.05. The van der Waals surface area contributed by atoms with Gasteiger partial charge in [0.2, 0.25) is 0 Å². The summed E-state index contributed by atoms with van der Waals surface area (Å²) in [6.07, 6.45) is 9.27. The van der Waals surface area contributed by atoms with E-state index in [0.717, 1.165) is 13.1 Å². The van der Waals surface area contributed by atoms with Gasteiger partial charge in [0.05, 0.1) is 18.9 Å². The third kappa shape index (κ3) is 3.82. The van der Waals surface area contributed by atoms with Gasteiger partial charge in [-0.15, -0.1) is 0 Å². The van der Waals surface area contributed by atoms with Gasteiger partial charge < -0.3 is 10.1 Å². The molecule has 1 aromatic rings. The topological polar surface area (TPSA) is 39.1 Å². The fourth-order valence-corrected chi connectivity index (χ4v) is 2.59. The molecule has 2 rings (SSSR count). The van der Waals surface area contributed by atoms with Crippen LogP contribution in [0.25, 0.3) is 0 Å². The molecule has 1 heterocycles. The SMILES string of the molecule is CCNC1CCC(OCc2cnn(CC)c2)CC1. The molecule has 1 aromatic heterocycles. The van der Waals surface area contributed by atoms with Crippen molar-refractivity contribution in [2.45, 2.75) is 64.8 Å². The van der Waals surface area contributed by atoms with Crippen molar-refractivity contribution in [3.63, 3.8) is 0 Å². The second kappa shape index (κ2) is 6.90. The summed E-state index contributed by atoms with van der Waals surface area (Å²) in [6.45, 7) is 6.98. The quantitative estimate of drug-likeness (QED) is 0.843. The summed E-state index contributed by atoms with van der Waals surface area (Å²) in [5.74, 6) is 0. The number of hydrogen-bond donors (Lipinski definition) is 1. The molecule has 4 nitrogen and oxygen atoms in total. The van der Waals surface area contributed by atoms with Crippen LogP contribution in [-0.4, -0.2) is 28.5 Å². The van der Waals surface area contributed by atoms with Crippen LogP contribution in [0.2, 0.25) is 0 Å². The molecule has 0 bridgehead atoms. The van der Waals surface area contributed by atoms with Gasteiger partial charge in [0.1, 0.15) is 0 Å². The van der Waals surface area contributed by atoms with Crippen molar-refractivity contribution in [3.8, 4) is 0 Å². The lowest BCUT2D eigenvalue weighted by molar-refractivity contribution is 0.0114. The average molecular weight is 251 g/mol. The predicted molar refractivity (Wildman–Crippen MR) is 72.4 cm³/mol. The summed E-state index contributed by atoms with van der Waals surface area (Å²) in [7, 11) is 0. The minimum Gasteiger partial charge on any atom is -0.373 e. The summed E-state index contributed by atoms with van der Waals surface area (Å²) in [6, 6.07) is 0.706. The zero-order chi connectivity index (χ0) is 12.8. The summed E-state index contributed by atoms with van der Waals surface area (Å²) in [5, 5.41) is 7.78. The second-order valence-electron chi connectivity index (χ2n) is 5.05. The largest absolute Gasteiger partial charge is 0.373 e. The van der Waals surface area contributed by atoms with Crippen LogP contribution in [0.1, 0.15) is 45.1 Å². The first-order valence-corrected chi connectivity index (χ1v) is 7.18. The Kier molecular flexibility index (Phi) is 5.20. The molecule has 1 aliphatic carbocycles. The van der Waals surface area contributed by atoms with E-state index in [4.69, 9.17) is 4.74 Å². The van der Waals surface area contributed by atoms with Gasteiger partial charge in [-0.25, -0.2) is 0 Å². The first-order chi connectivity index (χ1) is 8.81. The van der Waals surface area contributed by atoms with E-state index in [9.17, 15) is 0 Å². The standard InChI is InChI=1S/C14H25N3O/c1-3-15-13-5-7-14(8-6-13)18-11-12-9-16-17(4-2)10-12/h9-10,13-15H,3-8,11H2,1-2H3. The molecule has 0 unspecified atom stereocenters. The normalized spacial score (nSPS) is 24.3. The van der Waals surface area contributed by atoms with Crippen molar-refractivity contribution < 1.29 is 4.74 Å². The Morgan fingerprint density at radius 3 is 2.72 bits per heavy atom. The van der Waals surface area contributed by atoms with Crippen molar-refractivity contribution in [3.05, 3.63) is 18.0 Å². The molecule has 1 N–H and O–H groups in total. The number of aryl methyl sites for hydroxylation is 1. The molecule has 1 aliphatic rings. The van der Waals surface area contributed by atoms with E-state index in [0.29, 0.717) is 18.8 Å². The molecule has 18 heavy (non-hydrogen) atoms. The van der Waals surface area contributed by atoms with Gasteiger partial charge >= 0.3 is 0 Å². The molecular weight excluding hydrogens is 226 g/mol. The molecule has 102 valence electrons. The molecule has 0 aliphatic heterocycles. The molecule has 0 amide bonds. The van der Waals surface area contributed by atoms with Gasteiger partial charge in [-0.1, -0.05) is 6.92 Å². The fraction of sp³-hybridized carbons (Fsp3) is 0.786. The van der Waals surface area contributed by atoms with Crippen molar-refractivity contribution in [1.29, 1.82) is 0 Å². The van der Waals surface area contributed by atoms with Crippen LogP contribution in [0.5, 0.6) is 0 Å². The number of nitrogens with one attached hydrogen (secondary N) is 1. The van der Waals surface area contributed by atoms with Crippen molar-refractivity contribution >= 4 is 0 Å². The highest BCUT2D eigenvalue weighted by Crippen LogP contribution is 2.22. The van der Waals surface area contributed by atoms with Gasteiger partial charge in [0.25, 0.3) is 0 Å². The lowest BCUT2D eigenvalue weighted by Crippen LogP contribution is -2.35. The highest BCUT2D eigenvalue weighted by molar-refractivity contribution is 5.01. The number of hydrogen-bond acceptors (Lipinski definition) is 3. The molecule has 0 atom stereocenters. The third-order valence-electron chi connectivity index (χ3n) is 3.66. The zero-order valence-electron chi connectivity index (χ0n) is 11.6. The van der Waals surface area contributed by atoms with Gasteiger partial charge in [-0.2, -0.15) is 5.10 Å². The van der Waals surface area contributed by atoms with Gasteiger partial charge in [-0.05, 0) is 39.2 Å². The summed E-state index contributed by atoms with van der Waals surface area (Å²) in [4.78, 5) is 0. The van der Waals surface area contributed by atoms with E-state index in [-0.39, 0.29) is 0 Å². The number of rotatable bonds is 6. The van der Waals surface area contributed by atoms with Crippen LogP contribution in [-0.2, 0) is 17.9 Å². The lowest BCUT2D eigenvalue weighted by atomic mass is 9.93. The average Bonchev–Trinajstić information content (AvgIpc) is 2.86. The Balaban J connectivity index is 1.68. The molecule has 1 fully saturated rings. The summed E-state index contributed by atoms with van der Waals surface area (Å²) < 4.78 is 7.92. The maximum absolute atomic E-state index is 5.97. The number of ether oxygens (including phenoxy) is 1. The Labute approximate surface area is 110 Å². The van der Waals surface area contributed by atoms with E-state index >= 15 is 0 Å². The molecule has 4 heteroatoms. The lowest BCUT2D eigenvalue weighted by Gasteiger charge is -2.28. The van der Waals surface area contributed by atoms with Crippen molar-refractivity contribution in [2.24, 2.45) is 0 Å². The Morgan fingerprint density at radius 1 is 1.33 bits per heavy atom. The Bertz CT molecular complexity index is 343. The number of aromatic nitrogens is 2. The van der Waals surface area contributed by atoms with Crippen LogP contribution >= 0.6 is 0 Å². The molecule has 1 saturated carbocycles. The molecule has 0 spiro atoms. The van der Waals surface area contributed by atoms with Crippen LogP contribution in [0.15, 0.2) is 12.4 Å². The first-order valence-electron chi connectivity index (χ1n) is 7.18. The van der Waals surface area contributed by atoms with Crippen LogP contribution < -0.4 is 5.32 Å². The fourth-order valence-electron chi connectivity index (χ4n) is 2.59.